The maximum atomic E-state index is 12.9. The van der Waals surface area contributed by atoms with Gasteiger partial charge >= 0.3 is 15.6 Å². The van der Waals surface area contributed by atoms with Crippen molar-refractivity contribution in [2.45, 2.75) is 130 Å². The Bertz CT molecular complexity index is 1330. The molecule has 0 fully saturated rings. The average Bonchev–Trinajstić information content (AvgIpc) is 2.83. The fourth-order valence-electron chi connectivity index (χ4n) is 5.20. The predicted molar refractivity (Wildman–Crippen MR) is 169 cm³/mol. The van der Waals surface area contributed by atoms with Gasteiger partial charge in [-0.2, -0.15) is 21.6 Å². The van der Waals surface area contributed by atoms with E-state index in [-0.39, 0.29) is 22.3 Å². The van der Waals surface area contributed by atoms with Crippen LogP contribution in [0.1, 0.15) is 102 Å². The van der Waals surface area contributed by atoms with Crippen LogP contribution in [0.4, 0.5) is 13.2 Å². The Labute approximate surface area is 253 Å². The molecule has 0 radical (unpaired) electrons. The van der Waals surface area contributed by atoms with Crippen molar-refractivity contribution in [1.82, 2.24) is 0 Å². The fourth-order valence-corrected chi connectivity index (χ4v) is 7.26. The highest BCUT2D eigenvalue weighted by atomic mass is 32.2. The van der Waals surface area contributed by atoms with E-state index in [4.69, 9.17) is 4.43 Å². The van der Waals surface area contributed by atoms with Crippen LogP contribution in [0.5, 0.6) is 5.75 Å². The maximum absolute atomic E-state index is 12.9. The lowest BCUT2D eigenvalue weighted by Crippen LogP contribution is -2.47. The van der Waals surface area contributed by atoms with Gasteiger partial charge < -0.3 is 8.61 Å². The van der Waals surface area contributed by atoms with E-state index in [1.54, 1.807) is 19.1 Å². The minimum atomic E-state index is -5.74. The van der Waals surface area contributed by atoms with Crippen molar-refractivity contribution in [3.05, 3.63) is 64.2 Å². The topological polar surface area (TPSA) is 52.6 Å². The molecule has 0 aliphatic rings. The highest BCUT2D eigenvalue weighted by molar-refractivity contribution is 7.88. The summed E-state index contributed by atoms with van der Waals surface area (Å²) in [6.45, 7) is 26.0. The largest absolute Gasteiger partial charge is 0.534 e. The van der Waals surface area contributed by atoms with Gasteiger partial charge in [-0.15, -0.1) is 0 Å². The molecule has 1 unspecified atom stereocenters. The molecule has 0 saturated heterocycles. The van der Waals surface area contributed by atoms with Crippen molar-refractivity contribution in [1.29, 1.82) is 0 Å². The van der Waals surface area contributed by atoms with Gasteiger partial charge in [0.15, 0.2) is 8.32 Å². The molecule has 0 saturated carbocycles. The molecule has 2 rings (SSSR count). The lowest BCUT2D eigenvalue weighted by Gasteiger charge is -2.43. The van der Waals surface area contributed by atoms with Crippen molar-refractivity contribution >= 4 is 18.4 Å². The standard InChI is InChI=1S/C33H51F3O4SSi/c1-13-32(14-2,27-18-19-28(24(4)22-27)39-41(37,38)33(34,35)36)26-17-15-25(23(3)21-26)16-20-29(30(5,6)7)40-42(11,12)31(8,9)10/h15,17-19,21-22,29H,13-14,16,20H2,1-12H3. The quantitative estimate of drug-likeness (QED) is 0.141. The molecule has 0 bridgehead atoms. The number of aryl methyl sites for hydroxylation is 3. The monoisotopic (exact) mass is 628 g/mol. The van der Waals surface area contributed by atoms with Gasteiger partial charge in [-0.1, -0.05) is 85.7 Å². The van der Waals surface area contributed by atoms with Crippen LogP contribution in [-0.2, 0) is 26.4 Å². The van der Waals surface area contributed by atoms with E-state index in [2.05, 4.69) is 97.8 Å². The fraction of sp³-hybridized carbons (Fsp3) is 0.636. The van der Waals surface area contributed by atoms with Crippen LogP contribution in [0, 0.1) is 19.3 Å². The SMILES string of the molecule is CCC(CC)(c1ccc(CCC(O[Si](C)(C)C(C)(C)C)C(C)(C)C)c(C)c1)c1ccc(OS(=O)(=O)C(F)(F)F)c(C)c1. The number of alkyl halides is 3. The summed E-state index contributed by atoms with van der Waals surface area (Å²) in [5.74, 6) is -0.322. The first kappa shape index (κ1) is 36.3. The Morgan fingerprint density at radius 3 is 1.74 bits per heavy atom. The first-order valence-electron chi connectivity index (χ1n) is 14.8. The van der Waals surface area contributed by atoms with Gasteiger partial charge in [-0.05, 0) is 97.0 Å². The second-order valence-corrected chi connectivity index (χ2v) is 20.5. The van der Waals surface area contributed by atoms with Crippen molar-refractivity contribution in [2.75, 3.05) is 0 Å². The van der Waals surface area contributed by atoms with Crippen molar-refractivity contribution in [3.63, 3.8) is 0 Å². The lowest BCUT2D eigenvalue weighted by atomic mass is 9.69. The van der Waals surface area contributed by atoms with Crippen LogP contribution in [0.3, 0.4) is 0 Å². The number of hydrogen-bond donors (Lipinski definition) is 0. The number of rotatable bonds is 11. The molecule has 42 heavy (non-hydrogen) atoms. The summed E-state index contributed by atoms with van der Waals surface area (Å²) in [7, 11) is -7.68. The molecule has 9 heteroatoms. The molecular weight excluding hydrogens is 578 g/mol. The molecular formula is C33H51F3O4SSi. The number of halogens is 3. The highest BCUT2D eigenvalue weighted by Gasteiger charge is 2.49. The zero-order valence-electron chi connectivity index (χ0n) is 27.5. The van der Waals surface area contributed by atoms with Crippen LogP contribution < -0.4 is 4.18 Å². The molecule has 1 atom stereocenters. The van der Waals surface area contributed by atoms with Crippen molar-refractivity contribution < 1.29 is 30.2 Å². The molecule has 0 aliphatic heterocycles. The van der Waals surface area contributed by atoms with E-state index in [0.29, 0.717) is 5.56 Å². The lowest BCUT2D eigenvalue weighted by molar-refractivity contribution is -0.0500. The van der Waals surface area contributed by atoms with E-state index in [9.17, 15) is 21.6 Å². The van der Waals surface area contributed by atoms with Crippen LogP contribution in [0.2, 0.25) is 18.1 Å². The van der Waals surface area contributed by atoms with Crippen LogP contribution in [0.25, 0.3) is 0 Å². The van der Waals surface area contributed by atoms with Gasteiger partial charge in [-0.3, -0.25) is 0 Å². The van der Waals surface area contributed by atoms with Gasteiger partial charge in [-0.25, -0.2) is 0 Å². The van der Waals surface area contributed by atoms with E-state index in [1.165, 1.54) is 17.2 Å². The third-order valence-electron chi connectivity index (χ3n) is 9.20. The third kappa shape index (κ3) is 8.00. The van der Waals surface area contributed by atoms with Gasteiger partial charge in [0.1, 0.15) is 5.75 Å². The molecule has 0 aromatic heterocycles. The Morgan fingerprint density at radius 2 is 1.33 bits per heavy atom. The van der Waals surface area contributed by atoms with Crippen LogP contribution >= 0.6 is 0 Å². The van der Waals surface area contributed by atoms with Gasteiger partial charge in [0, 0.05) is 5.41 Å². The zero-order chi connectivity index (χ0) is 32.5. The summed E-state index contributed by atoms with van der Waals surface area (Å²) in [6, 6.07) is 11.3. The summed E-state index contributed by atoms with van der Waals surface area (Å²) in [4.78, 5) is 0. The molecule has 0 amide bonds. The molecule has 0 heterocycles. The van der Waals surface area contributed by atoms with E-state index < -0.39 is 29.4 Å². The number of benzene rings is 2. The second kappa shape index (κ2) is 12.6. The molecule has 0 spiro atoms. The summed E-state index contributed by atoms with van der Waals surface area (Å²) in [6.07, 6.45) is 3.47. The Hall–Kier alpha value is -1.84. The summed E-state index contributed by atoms with van der Waals surface area (Å²) in [5.41, 5.74) is -1.06. The zero-order valence-corrected chi connectivity index (χ0v) is 29.4. The van der Waals surface area contributed by atoms with Crippen LogP contribution in [0.15, 0.2) is 36.4 Å². The Morgan fingerprint density at radius 1 is 0.833 bits per heavy atom. The summed E-state index contributed by atoms with van der Waals surface area (Å²) in [5, 5.41) is 0.132. The van der Waals surface area contributed by atoms with Crippen molar-refractivity contribution in [3.8, 4) is 5.75 Å². The number of hydrogen-bond acceptors (Lipinski definition) is 4. The van der Waals surface area contributed by atoms with Gasteiger partial charge in [0.2, 0.25) is 0 Å². The van der Waals surface area contributed by atoms with E-state index >= 15 is 0 Å². The molecule has 0 N–H and O–H groups in total. The first-order valence-corrected chi connectivity index (χ1v) is 19.1. The Balaban J connectivity index is 2.39. The third-order valence-corrected chi connectivity index (χ3v) is 14.6. The molecule has 4 nitrogen and oxygen atoms in total. The van der Waals surface area contributed by atoms with E-state index in [0.717, 1.165) is 36.8 Å². The Kier molecular flexibility index (Phi) is 10.9. The minimum Gasteiger partial charge on any atom is -0.413 e. The van der Waals surface area contributed by atoms with E-state index in [1.807, 2.05) is 0 Å². The normalized spacial score (nSPS) is 14.6. The minimum absolute atomic E-state index is 0.0100. The smallest absolute Gasteiger partial charge is 0.413 e. The van der Waals surface area contributed by atoms with Gasteiger partial charge in [0.25, 0.3) is 0 Å². The summed E-state index contributed by atoms with van der Waals surface area (Å²) >= 11 is 0. The highest BCUT2D eigenvalue weighted by Crippen LogP contribution is 2.43. The van der Waals surface area contributed by atoms with Gasteiger partial charge in [0.05, 0.1) is 6.10 Å². The first-order chi connectivity index (χ1) is 18.9. The van der Waals surface area contributed by atoms with Crippen LogP contribution in [-0.4, -0.2) is 28.3 Å². The molecule has 2 aromatic carbocycles. The second-order valence-electron chi connectivity index (χ2n) is 14.2. The molecule has 2 aromatic rings. The molecule has 0 aliphatic carbocycles. The predicted octanol–water partition coefficient (Wildman–Crippen LogP) is 10.0. The average molecular weight is 629 g/mol. The maximum Gasteiger partial charge on any atom is 0.534 e. The molecule has 238 valence electrons. The summed E-state index contributed by atoms with van der Waals surface area (Å²) < 4.78 is 73.1. The van der Waals surface area contributed by atoms with Crippen molar-refractivity contribution in [2.24, 2.45) is 5.41 Å².